The zero-order valence-corrected chi connectivity index (χ0v) is 60.0. The highest BCUT2D eigenvalue weighted by molar-refractivity contribution is 7.10. The largest absolute Gasteiger partial charge is 0.470 e. The Labute approximate surface area is 576 Å². The van der Waals surface area contributed by atoms with E-state index >= 15 is 0 Å². The number of aryl methyl sites for hydroxylation is 14. The number of aromatic amines is 3. The number of furan rings is 1. The Morgan fingerprint density at radius 1 is 0.411 bits per heavy atom. The zero-order chi connectivity index (χ0) is 68.9. The van der Waals surface area contributed by atoms with E-state index in [9.17, 15) is 0 Å². The molecule has 496 valence electrons. The van der Waals surface area contributed by atoms with Gasteiger partial charge in [0.15, 0.2) is 12.3 Å². The molecule has 0 aliphatic carbocycles. The predicted molar refractivity (Wildman–Crippen MR) is 398 cm³/mol. The monoisotopic (exact) mass is 1350 g/mol. The van der Waals surface area contributed by atoms with E-state index in [0.29, 0.717) is 0 Å². The number of benzene rings is 5. The Morgan fingerprint density at radius 2 is 1.17 bits per heavy atom. The normalized spacial score (nSPS) is 9.16. The summed E-state index contributed by atoms with van der Waals surface area (Å²) < 4.78 is 22.7. The number of nitrogens with one attached hydrogen (secondary N) is 3. The molecule has 0 amide bonds. The number of H-pyrrole nitrogens is 3. The molecule has 0 saturated heterocycles. The second kappa shape index (κ2) is 50.4. The molecule has 0 aliphatic rings. The van der Waals surface area contributed by atoms with Gasteiger partial charge in [-0.3, -0.25) is 15.1 Å². The van der Waals surface area contributed by atoms with Crippen LogP contribution in [0.1, 0.15) is 76.6 Å². The molecule has 16 aromatic rings. The fraction of sp³-hybridized carbons (Fsp3) is 0.184. The van der Waals surface area contributed by atoms with Gasteiger partial charge in [-0.15, -0.1) is 34.0 Å². The maximum atomic E-state index is 4.83. The lowest BCUT2D eigenvalue weighted by molar-refractivity contribution is 0.397. The number of thiophene rings is 1. The van der Waals surface area contributed by atoms with E-state index in [0.717, 1.165) is 39.6 Å². The van der Waals surface area contributed by atoms with Crippen molar-refractivity contribution in [1.29, 1.82) is 0 Å². The highest BCUT2D eigenvalue weighted by atomic mass is 32.1. The summed E-state index contributed by atoms with van der Waals surface area (Å²) in [5.41, 5.74) is 9.25. The second-order valence-corrected chi connectivity index (χ2v) is 24.5. The number of oxazole rings is 2. The molecule has 15 nitrogen and oxygen atoms in total. The van der Waals surface area contributed by atoms with Crippen molar-refractivity contribution >= 4 is 67.1 Å². The van der Waals surface area contributed by atoms with Crippen molar-refractivity contribution in [3.63, 3.8) is 0 Å². The van der Waals surface area contributed by atoms with E-state index < -0.39 is 0 Å². The molecular weight excluding hydrogens is 1260 g/mol. The predicted octanol–water partition coefficient (Wildman–Crippen LogP) is 22.0. The Bertz CT molecular complexity index is 3520. The summed E-state index contributed by atoms with van der Waals surface area (Å²) in [5, 5.41) is 20.4. The standard InChI is InChI=1S/2C11H10.C7H8.C5H7N.C5H6O.C5H6S.2C4H6N2.3C4H5NO.3C4H5NS/c1-9-5-4-7-10-6-2-3-8-11(9)10;1-9-6-7-10-4-2-3-5-11(10)8-9;1-7-5-3-2-4-6-7;3*1-5-3-2-4-6-5;1-4-2-5-3-6-4;1-4-2-3-5-6-4;1-4-2-5-3-6-4;1-4-5-2-3-6-4;1-4-2-3-5-6-4;1-4-2-5-3-6-4;1-4-5-2-3-6-4;1-4-2-3-5-6-4/h2*2-8H,1H3;2-6H,1H3;2-4,6H,1H3;2*2-4H,1H3;2*2-3H,1H3,(H,5,6);6*2-3H,1H3. The maximum Gasteiger partial charge on any atom is 0.190 e. The van der Waals surface area contributed by atoms with Crippen molar-refractivity contribution < 1.29 is 17.8 Å². The van der Waals surface area contributed by atoms with Crippen LogP contribution in [0, 0.1) is 96.9 Å². The molecule has 11 aromatic heterocycles. The van der Waals surface area contributed by atoms with Gasteiger partial charge in [-0.25, -0.2) is 19.3 Å². The van der Waals surface area contributed by atoms with Gasteiger partial charge in [0.25, 0.3) is 0 Å². The van der Waals surface area contributed by atoms with Crippen LogP contribution in [0.4, 0.5) is 0 Å². The molecule has 19 heteroatoms. The third kappa shape index (κ3) is 41.8. The van der Waals surface area contributed by atoms with Gasteiger partial charge in [-0.1, -0.05) is 138 Å². The first-order valence-electron chi connectivity index (χ1n) is 30.1. The number of hydrogen-bond donors (Lipinski definition) is 3. The molecule has 0 radical (unpaired) electrons. The van der Waals surface area contributed by atoms with Gasteiger partial charge in [0, 0.05) is 87.3 Å². The van der Waals surface area contributed by atoms with Crippen LogP contribution < -0.4 is 0 Å². The minimum Gasteiger partial charge on any atom is -0.470 e. The number of rotatable bonds is 0. The molecule has 11 heterocycles. The number of nitrogens with zero attached hydrogens (tertiary/aromatic N) is 8. The van der Waals surface area contributed by atoms with E-state index in [4.69, 9.17) is 13.3 Å². The number of fused-ring (bicyclic) bond motifs is 2. The fourth-order valence-corrected chi connectivity index (χ4v) is 8.52. The zero-order valence-electron chi connectivity index (χ0n) is 56.7. The van der Waals surface area contributed by atoms with Crippen molar-refractivity contribution in [3.8, 4) is 0 Å². The quantitative estimate of drug-likeness (QED) is 0.130. The van der Waals surface area contributed by atoms with E-state index in [2.05, 4.69) is 201 Å². The number of hydrogen-bond acceptors (Lipinski definition) is 16. The second-order valence-electron chi connectivity index (χ2n) is 20.1. The minimum atomic E-state index is 0.718. The lowest BCUT2D eigenvalue weighted by Gasteiger charge is -1.98. The molecule has 0 fully saturated rings. The lowest BCUT2D eigenvalue weighted by Crippen LogP contribution is -1.75. The first-order valence-corrected chi connectivity index (χ1v) is 33.5. The van der Waals surface area contributed by atoms with Crippen LogP contribution in [-0.4, -0.2) is 54.6 Å². The van der Waals surface area contributed by atoms with E-state index in [1.807, 2.05) is 140 Å². The highest BCUT2D eigenvalue weighted by Crippen LogP contribution is 2.17. The molecule has 95 heavy (non-hydrogen) atoms. The number of imidazole rings is 1. The molecule has 5 aromatic carbocycles. The third-order valence-electron chi connectivity index (χ3n) is 11.6. The number of thiazole rings is 2. The van der Waals surface area contributed by atoms with Crippen molar-refractivity contribution in [2.24, 2.45) is 0 Å². The van der Waals surface area contributed by atoms with Crippen LogP contribution in [0.25, 0.3) is 21.5 Å². The first kappa shape index (κ1) is 79.1. The third-order valence-corrected chi connectivity index (χ3v) is 14.4. The van der Waals surface area contributed by atoms with Gasteiger partial charge in [0.05, 0.1) is 41.7 Å². The van der Waals surface area contributed by atoms with Gasteiger partial charge in [0.1, 0.15) is 23.5 Å². The van der Waals surface area contributed by atoms with E-state index in [-0.39, 0.29) is 0 Å². The Kier molecular flexibility index (Phi) is 41.9. The Hall–Kier alpha value is -10.2. The maximum absolute atomic E-state index is 4.83. The summed E-state index contributed by atoms with van der Waals surface area (Å²) in [4.78, 5) is 28.8. The molecule has 16 rings (SSSR count). The van der Waals surface area contributed by atoms with Crippen molar-refractivity contribution in [3.05, 3.63) is 344 Å². The SMILES string of the molecule is Cc1ccc2ccccc2c1.Cc1ccc[nH]1.Cc1cccc2ccccc12.Cc1ccccc1.Cc1ccco1.Cc1cccs1.Cc1ccn[nH]1.Cc1ccno1.Cc1ccns1.Cc1cnc[nH]1.Cc1cnco1.Cc1cncs1.Cc1ncco1.Cc1nccs1. The molecule has 0 aliphatic heterocycles. The van der Waals surface area contributed by atoms with Crippen molar-refractivity contribution in [2.45, 2.75) is 96.9 Å². The van der Waals surface area contributed by atoms with Gasteiger partial charge < -0.3 is 27.7 Å². The van der Waals surface area contributed by atoms with Crippen LogP contribution >= 0.6 is 45.5 Å². The van der Waals surface area contributed by atoms with Crippen LogP contribution in [0.2, 0.25) is 0 Å². The molecule has 3 N–H and O–H groups in total. The smallest absolute Gasteiger partial charge is 0.190 e. The molecular formula is C76H89N11O4S4. The van der Waals surface area contributed by atoms with Gasteiger partial charge in [-0.2, -0.15) is 5.10 Å². The Morgan fingerprint density at radius 3 is 1.48 bits per heavy atom. The summed E-state index contributed by atoms with van der Waals surface area (Å²) in [6.45, 7) is 27.9. The van der Waals surface area contributed by atoms with Crippen LogP contribution in [0.5, 0.6) is 0 Å². The molecule has 0 unspecified atom stereocenters. The average molecular weight is 1350 g/mol. The van der Waals surface area contributed by atoms with Gasteiger partial charge in [0.2, 0.25) is 0 Å². The summed E-state index contributed by atoms with van der Waals surface area (Å²) in [6.07, 6.45) is 22.1. The summed E-state index contributed by atoms with van der Waals surface area (Å²) in [5.74, 6) is 3.40. The van der Waals surface area contributed by atoms with Crippen LogP contribution in [0.15, 0.2) is 285 Å². The minimum absolute atomic E-state index is 0.718. The topological polar surface area (TPSA) is 203 Å². The molecule has 0 atom stereocenters. The van der Waals surface area contributed by atoms with E-state index in [1.54, 1.807) is 109 Å². The van der Waals surface area contributed by atoms with Crippen LogP contribution in [0.3, 0.4) is 0 Å². The van der Waals surface area contributed by atoms with E-state index in [1.165, 1.54) is 76.5 Å². The van der Waals surface area contributed by atoms with Gasteiger partial charge >= 0.3 is 0 Å². The molecule has 0 bridgehead atoms. The summed E-state index contributed by atoms with van der Waals surface area (Å²) in [7, 11) is 0. The summed E-state index contributed by atoms with van der Waals surface area (Å²) >= 11 is 6.64. The average Bonchev–Trinajstić information content (AvgIpc) is 1.12. The highest BCUT2D eigenvalue weighted by Gasteiger charge is 1.93. The fourth-order valence-electron chi connectivity index (χ4n) is 6.73. The molecule has 0 spiro atoms. The van der Waals surface area contributed by atoms with Gasteiger partial charge in [-0.05, 0) is 176 Å². The van der Waals surface area contributed by atoms with Crippen LogP contribution in [-0.2, 0) is 0 Å². The van der Waals surface area contributed by atoms with Crippen molar-refractivity contribution in [2.75, 3.05) is 0 Å². The molecule has 0 saturated carbocycles. The number of aromatic nitrogens is 11. The lowest BCUT2D eigenvalue weighted by atomic mass is 10.1. The Balaban J connectivity index is 0.000000268. The first-order chi connectivity index (χ1) is 46.0. The summed E-state index contributed by atoms with van der Waals surface area (Å²) in [6, 6.07) is 57.7. The van der Waals surface area contributed by atoms with Crippen molar-refractivity contribution in [1.82, 2.24) is 54.6 Å².